The van der Waals surface area contributed by atoms with Crippen LogP contribution in [0.1, 0.15) is 67.9 Å². The highest BCUT2D eigenvalue weighted by molar-refractivity contribution is 6.54. The Morgan fingerprint density at radius 1 is 0.912 bits per heavy atom. The van der Waals surface area contributed by atoms with Crippen LogP contribution in [0.25, 0.3) is 11.4 Å². The molecule has 5 nitrogen and oxygen atoms in total. The van der Waals surface area contributed by atoms with Crippen LogP contribution in [0.3, 0.4) is 0 Å². The average molecular weight is 451 g/mol. The summed E-state index contributed by atoms with van der Waals surface area (Å²) in [5, 5.41) is 0. The topological polar surface area (TPSA) is 58.5 Å². The van der Waals surface area contributed by atoms with E-state index < -0.39 is 0 Å². The number of unbranched alkanes of at least 4 members (excludes halogenated alkanes) is 3. The number of Topliss-reactive ketones (excluding diaryl/α,β-unsaturated/α-hetero) is 1. The standard InChI is InChI=1S/C29H30N4O/c1-4-5-6-9-18-33-23-15-8-7-14-22(23)29(2,3)24(33)19-32-27-20-12-10-16-30-25(20)26-21(28(27)34)13-11-17-31-26/h7-8,10-17,19H,4-6,9,18H2,1-3H3/b24-19-,32-27?. The molecule has 0 radical (unpaired) electrons. The van der Waals surface area contributed by atoms with Crippen LogP contribution in [0.5, 0.6) is 0 Å². The summed E-state index contributed by atoms with van der Waals surface area (Å²) in [6, 6.07) is 15.9. The zero-order chi connectivity index (χ0) is 23.7. The highest BCUT2D eigenvalue weighted by Gasteiger charge is 2.40. The van der Waals surface area contributed by atoms with Gasteiger partial charge in [-0.25, -0.2) is 0 Å². The minimum Gasteiger partial charge on any atom is -0.343 e. The number of aromatic nitrogens is 2. The first-order chi connectivity index (χ1) is 16.5. The fourth-order valence-corrected chi connectivity index (χ4v) is 5.08. The lowest BCUT2D eigenvalue weighted by Gasteiger charge is -2.27. The molecule has 3 aromatic rings. The first-order valence-electron chi connectivity index (χ1n) is 12.1. The quantitative estimate of drug-likeness (QED) is 0.411. The number of carbonyl (C=O) groups is 1. The zero-order valence-electron chi connectivity index (χ0n) is 20.1. The summed E-state index contributed by atoms with van der Waals surface area (Å²) >= 11 is 0. The summed E-state index contributed by atoms with van der Waals surface area (Å²) in [5.74, 6) is -0.108. The molecular formula is C29H30N4O. The van der Waals surface area contributed by atoms with Gasteiger partial charge in [0.05, 0.1) is 11.3 Å². The first-order valence-corrected chi connectivity index (χ1v) is 12.1. The first kappa shape index (κ1) is 22.2. The number of nitrogens with zero attached hydrogens (tertiary/aromatic N) is 4. The fourth-order valence-electron chi connectivity index (χ4n) is 5.08. The number of hydrogen-bond donors (Lipinski definition) is 0. The van der Waals surface area contributed by atoms with E-state index >= 15 is 0 Å². The predicted octanol–water partition coefficient (Wildman–Crippen LogP) is 6.35. The van der Waals surface area contributed by atoms with Gasteiger partial charge < -0.3 is 4.90 Å². The van der Waals surface area contributed by atoms with E-state index in [2.05, 4.69) is 59.9 Å². The Morgan fingerprint density at radius 3 is 2.38 bits per heavy atom. The molecule has 1 aliphatic carbocycles. The molecule has 0 saturated carbocycles. The smallest absolute Gasteiger partial charge is 0.214 e. The second-order valence-electron chi connectivity index (χ2n) is 9.47. The number of ketones is 1. The molecule has 1 aromatic carbocycles. The van der Waals surface area contributed by atoms with Crippen LogP contribution in [-0.2, 0) is 5.41 Å². The van der Waals surface area contributed by atoms with Gasteiger partial charge in [-0.15, -0.1) is 0 Å². The molecule has 0 fully saturated rings. The number of para-hydroxylation sites is 1. The molecule has 2 aliphatic rings. The van der Waals surface area contributed by atoms with Crippen molar-refractivity contribution in [3.63, 3.8) is 0 Å². The van der Waals surface area contributed by atoms with E-state index in [1.165, 1.54) is 30.5 Å². The molecule has 0 amide bonds. The molecule has 1 aliphatic heterocycles. The SMILES string of the molecule is CCCCCCN1/C(=C\N=C2C(=O)c3cccnc3-c3ncccc32)C(C)(C)c2ccccc21. The van der Waals surface area contributed by atoms with Crippen molar-refractivity contribution in [3.05, 3.63) is 89.5 Å². The lowest BCUT2D eigenvalue weighted by atomic mass is 9.84. The molecule has 0 unspecified atom stereocenters. The monoisotopic (exact) mass is 450 g/mol. The number of allylic oxidation sites excluding steroid dienone is 1. The van der Waals surface area contributed by atoms with Crippen molar-refractivity contribution in [2.24, 2.45) is 4.99 Å². The third-order valence-corrected chi connectivity index (χ3v) is 6.91. The van der Waals surface area contributed by atoms with Crippen molar-refractivity contribution < 1.29 is 4.79 Å². The van der Waals surface area contributed by atoms with E-state index in [-0.39, 0.29) is 11.2 Å². The van der Waals surface area contributed by atoms with Gasteiger partial charge in [0.2, 0.25) is 5.78 Å². The Labute approximate surface area is 201 Å². The van der Waals surface area contributed by atoms with Crippen molar-refractivity contribution in [3.8, 4) is 11.4 Å². The number of rotatable bonds is 6. The van der Waals surface area contributed by atoms with E-state index in [1.54, 1.807) is 24.5 Å². The second-order valence-corrected chi connectivity index (χ2v) is 9.47. The van der Waals surface area contributed by atoms with E-state index in [0.717, 1.165) is 24.2 Å². The van der Waals surface area contributed by atoms with Gasteiger partial charge in [0, 0.05) is 47.5 Å². The van der Waals surface area contributed by atoms with Crippen LogP contribution in [0.2, 0.25) is 0 Å². The summed E-state index contributed by atoms with van der Waals surface area (Å²) in [4.78, 5) is 29.7. The number of fused-ring (bicyclic) bond motifs is 4. The normalized spacial score (nSPS) is 18.2. The van der Waals surface area contributed by atoms with E-state index in [4.69, 9.17) is 4.99 Å². The van der Waals surface area contributed by atoms with Crippen molar-refractivity contribution in [2.75, 3.05) is 11.4 Å². The molecule has 34 heavy (non-hydrogen) atoms. The average Bonchev–Trinajstić information content (AvgIpc) is 3.08. The predicted molar refractivity (Wildman–Crippen MR) is 137 cm³/mol. The van der Waals surface area contributed by atoms with Gasteiger partial charge in [-0.05, 0) is 42.3 Å². The number of hydrogen-bond acceptors (Lipinski definition) is 5. The second kappa shape index (κ2) is 8.98. The van der Waals surface area contributed by atoms with Gasteiger partial charge in [0.15, 0.2) is 0 Å². The van der Waals surface area contributed by atoms with Gasteiger partial charge in [-0.2, -0.15) is 0 Å². The highest BCUT2D eigenvalue weighted by atomic mass is 16.1. The molecule has 0 spiro atoms. The Kier molecular flexibility index (Phi) is 5.86. The van der Waals surface area contributed by atoms with Crippen molar-refractivity contribution >= 4 is 17.2 Å². The van der Waals surface area contributed by atoms with Crippen LogP contribution in [0.15, 0.2) is 77.8 Å². The molecule has 0 bridgehead atoms. The van der Waals surface area contributed by atoms with Crippen LogP contribution < -0.4 is 4.90 Å². The Balaban J connectivity index is 1.59. The van der Waals surface area contributed by atoms with Crippen LogP contribution >= 0.6 is 0 Å². The lowest BCUT2D eigenvalue weighted by molar-refractivity contribution is 0.106. The van der Waals surface area contributed by atoms with E-state index in [9.17, 15) is 4.79 Å². The maximum atomic E-state index is 13.4. The summed E-state index contributed by atoms with van der Waals surface area (Å²) < 4.78 is 0. The Hall–Kier alpha value is -3.60. The molecule has 5 rings (SSSR count). The number of benzene rings is 1. The maximum absolute atomic E-state index is 13.4. The molecule has 0 saturated heterocycles. The summed E-state index contributed by atoms with van der Waals surface area (Å²) in [6.07, 6.45) is 10.1. The van der Waals surface area contributed by atoms with E-state index in [1.807, 2.05) is 18.3 Å². The number of anilines is 1. The third-order valence-electron chi connectivity index (χ3n) is 6.91. The molecule has 172 valence electrons. The van der Waals surface area contributed by atoms with Crippen LogP contribution in [-0.4, -0.2) is 28.0 Å². The zero-order valence-corrected chi connectivity index (χ0v) is 20.1. The molecule has 5 heteroatoms. The Morgan fingerprint density at radius 2 is 1.62 bits per heavy atom. The fraction of sp³-hybridized carbons (Fsp3) is 0.310. The Bertz CT molecular complexity index is 1300. The summed E-state index contributed by atoms with van der Waals surface area (Å²) in [6.45, 7) is 7.65. The van der Waals surface area contributed by atoms with Gasteiger partial charge in [0.25, 0.3) is 0 Å². The van der Waals surface area contributed by atoms with Crippen LogP contribution in [0.4, 0.5) is 5.69 Å². The van der Waals surface area contributed by atoms with Gasteiger partial charge in [-0.3, -0.25) is 19.8 Å². The van der Waals surface area contributed by atoms with Gasteiger partial charge in [-0.1, -0.05) is 58.2 Å². The van der Waals surface area contributed by atoms with Crippen molar-refractivity contribution in [1.29, 1.82) is 0 Å². The number of carbonyl (C=O) groups excluding carboxylic acids is 1. The van der Waals surface area contributed by atoms with Gasteiger partial charge >= 0.3 is 0 Å². The largest absolute Gasteiger partial charge is 0.343 e. The summed E-state index contributed by atoms with van der Waals surface area (Å²) in [7, 11) is 0. The molecule has 3 heterocycles. The number of pyridine rings is 2. The highest BCUT2D eigenvalue weighted by Crippen LogP contribution is 2.47. The van der Waals surface area contributed by atoms with Gasteiger partial charge in [0.1, 0.15) is 11.4 Å². The van der Waals surface area contributed by atoms with E-state index in [0.29, 0.717) is 22.7 Å². The van der Waals surface area contributed by atoms with Crippen molar-refractivity contribution in [2.45, 2.75) is 51.9 Å². The molecular weight excluding hydrogens is 420 g/mol. The maximum Gasteiger partial charge on any atom is 0.214 e. The summed E-state index contributed by atoms with van der Waals surface area (Å²) in [5.41, 5.74) is 6.49. The molecule has 0 atom stereocenters. The van der Waals surface area contributed by atoms with Crippen molar-refractivity contribution in [1.82, 2.24) is 9.97 Å². The van der Waals surface area contributed by atoms with Crippen LogP contribution in [0, 0.1) is 0 Å². The minimum absolute atomic E-state index is 0.108. The minimum atomic E-state index is -0.208. The lowest BCUT2D eigenvalue weighted by Crippen LogP contribution is -2.28. The molecule has 0 N–H and O–H groups in total. The molecule has 2 aromatic heterocycles. The third kappa shape index (κ3) is 3.65. The number of aliphatic imine (C=N–C) groups is 1.